The fourth-order valence-corrected chi connectivity index (χ4v) is 5.40. The van der Waals surface area contributed by atoms with E-state index in [-0.39, 0.29) is 5.82 Å². The number of aromatic nitrogens is 2. The minimum atomic E-state index is -0.434. The molecule has 2 bridgehead atoms. The smallest absolute Gasteiger partial charge is 0.174 e. The molecule has 1 aromatic heterocycles. The van der Waals surface area contributed by atoms with Crippen molar-refractivity contribution in [2.45, 2.75) is 31.5 Å². The summed E-state index contributed by atoms with van der Waals surface area (Å²) in [6, 6.07) is 8.47. The van der Waals surface area contributed by atoms with Crippen molar-refractivity contribution in [1.29, 1.82) is 0 Å². The molecule has 0 radical (unpaired) electrons. The predicted octanol–water partition coefficient (Wildman–Crippen LogP) is 5.30. The van der Waals surface area contributed by atoms with Gasteiger partial charge in [-0.15, -0.1) is 0 Å². The van der Waals surface area contributed by atoms with Gasteiger partial charge in [0.2, 0.25) is 0 Å². The first kappa shape index (κ1) is 19.0. The van der Waals surface area contributed by atoms with Crippen molar-refractivity contribution in [3.05, 3.63) is 58.5 Å². The Balaban J connectivity index is 1.38. The number of aryl methyl sites for hydroxylation is 1. The minimum Gasteiger partial charge on any atom is -0.347 e. The lowest BCUT2D eigenvalue weighted by Crippen LogP contribution is -2.40. The number of halogens is 2. The number of allylic oxidation sites excluding steroid dienone is 3. The normalized spacial score (nSPS) is 26.0. The highest BCUT2D eigenvalue weighted by atomic mass is 35.5. The molecule has 2 heterocycles. The molecule has 5 rings (SSSR count). The first-order valence-electron chi connectivity index (χ1n) is 10.2. The van der Waals surface area contributed by atoms with Crippen LogP contribution in [0, 0.1) is 17.7 Å². The summed E-state index contributed by atoms with van der Waals surface area (Å²) >= 11 is 6.71. The third-order valence-corrected chi connectivity index (χ3v) is 6.87. The van der Waals surface area contributed by atoms with Crippen LogP contribution in [0.3, 0.4) is 0 Å². The van der Waals surface area contributed by atoms with Crippen molar-refractivity contribution in [3.8, 4) is 11.3 Å². The molecule has 1 saturated carbocycles. The van der Waals surface area contributed by atoms with Gasteiger partial charge in [-0.25, -0.2) is 4.39 Å². The highest BCUT2D eigenvalue weighted by molar-refractivity contribution is 6.30. The maximum absolute atomic E-state index is 13.2. The first-order valence-corrected chi connectivity index (χ1v) is 10.6. The van der Waals surface area contributed by atoms with Gasteiger partial charge in [-0.2, -0.15) is 5.10 Å². The van der Waals surface area contributed by atoms with Gasteiger partial charge in [-0.1, -0.05) is 17.7 Å². The predicted molar refractivity (Wildman–Crippen MR) is 111 cm³/mol. The lowest BCUT2D eigenvalue weighted by Gasteiger charge is -2.33. The van der Waals surface area contributed by atoms with Gasteiger partial charge >= 0.3 is 0 Å². The summed E-state index contributed by atoms with van der Waals surface area (Å²) < 4.78 is 27.2. The second kappa shape index (κ2) is 7.38. The van der Waals surface area contributed by atoms with Crippen molar-refractivity contribution in [2.75, 3.05) is 13.2 Å². The molecule has 2 aromatic rings. The van der Waals surface area contributed by atoms with E-state index in [0.29, 0.717) is 25.0 Å². The Bertz CT molecular complexity index is 973. The Morgan fingerprint density at radius 2 is 1.79 bits per heavy atom. The van der Waals surface area contributed by atoms with Crippen LogP contribution in [0.4, 0.5) is 4.39 Å². The molecule has 152 valence electrons. The molecule has 0 amide bonds. The zero-order chi connectivity index (χ0) is 20.0. The van der Waals surface area contributed by atoms with E-state index < -0.39 is 5.79 Å². The lowest BCUT2D eigenvalue weighted by atomic mass is 9.93. The number of benzene rings is 1. The summed E-state index contributed by atoms with van der Waals surface area (Å²) in [7, 11) is 1.89. The van der Waals surface area contributed by atoms with Crippen molar-refractivity contribution in [1.82, 2.24) is 9.78 Å². The SMILES string of the molecule is Cn1nc(C=CC2=C(Cl)C[C@@H]3CC[C@H](C2)C32OCCO2)cc1-c1ccc(F)cc1. The topological polar surface area (TPSA) is 36.3 Å². The van der Waals surface area contributed by atoms with Crippen LogP contribution in [0.25, 0.3) is 17.3 Å². The molecular formula is C23H24ClFN2O2. The van der Waals surface area contributed by atoms with Crippen LogP contribution >= 0.6 is 11.6 Å². The molecule has 29 heavy (non-hydrogen) atoms. The average molecular weight is 415 g/mol. The van der Waals surface area contributed by atoms with E-state index >= 15 is 0 Å². The van der Waals surface area contributed by atoms with Crippen molar-refractivity contribution >= 4 is 17.7 Å². The van der Waals surface area contributed by atoms with Crippen LogP contribution in [-0.4, -0.2) is 28.8 Å². The zero-order valence-electron chi connectivity index (χ0n) is 16.4. The molecule has 1 saturated heterocycles. The Hall–Kier alpha value is -1.95. The first-order chi connectivity index (χ1) is 14.0. The highest BCUT2D eigenvalue weighted by Gasteiger charge is 2.55. The summed E-state index contributed by atoms with van der Waals surface area (Å²) in [6.07, 6.45) is 7.99. The van der Waals surface area contributed by atoms with Gasteiger partial charge in [0.25, 0.3) is 0 Å². The number of hydrogen-bond acceptors (Lipinski definition) is 3. The minimum absolute atomic E-state index is 0.242. The number of ether oxygens (including phenoxy) is 2. The van der Waals surface area contributed by atoms with Crippen molar-refractivity contribution in [3.63, 3.8) is 0 Å². The monoisotopic (exact) mass is 414 g/mol. The van der Waals surface area contributed by atoms with Crippen molar-refractivity contribution < 1.29 is 13.9 Å². The Kier molecular flexibility index (Phi) is 4.85. The Morgan fingerprint density at radius 3 is 2.52 bits per heavy atom. The second-order valence-electron chi connectivity index (χ2n) is 8.15. The van der Waals surface area contributed by atoms with E-state index in [1.165, 1.54) is 12.1 Å². The third-order valence-electron chi connectivity index (χ3n) is 6.47. The van der Waals surface area contributed by atoms with Gasteiger partial charge < -0.3 is 9.47 Å². The van der Waals surface area contributed by atoms with Crippen LogP contribution in [0.1, 0.15) is 31.4 Å². The lowest BCUT2D eigenvalue weighted by molar-refractivity contribution is -0.207. The number of rotatable bonds is 3. The maximum atomic E-state index is 13.2. The fourth-order valence-electron chi connectivity index (χ4n) is 5.07. The summed E-state index contributed by atoms with van der Waals surface area (Å²) in [5.41, 5.74) is 3.87. The quantitative estimate of drug-likeness (QED) is 0.684. The average Bonchev–Trinajstić information content (AvgIpc) is 3.39. The van der Waals surface area contributed by atoms with Gasteiger partial charge in [0.15, 0.2) is 5.79 Å². The zero-order valence-corrected chi connectivity index (χ0v) is 17.2. The summed E-state index contributed by atoms with van der Waals surface area (Å²) in [5, 5.41) is 5.49. The van der Waals surface area contributed by atoms with Gasteiger partial charge in [0.05, 0.1) is 24.6 Å². The standard InChI is InChI=1S/C23H24ClFN2O2/c1-27-22(15-2-7-19(25)8-3-15)14-20(26-27)9-4-16-12-17-5-6-18(13-21(16)24)23(17)28-10-11-29-23/h2-4,7-9,14,17-18H,5-6,10-13H2,1H3/t17-,18+/m1/s1. The number of nitrogens with zero attached hydrogens (tertiary/aromatic N) is 2. The van der Waals surface area contributed by atoms with E-state index in [4.69, 9.17) is 21.1 Å². The molecule has 4 nitrogen and oxygen atoms in total. The van der Waals surface area contributed by atoms with E-state index in [9.17, 15) is 4.39 Å². The molecule has 2 fully saturated rings. The molecule has 0 N–H and O–H groups in total. The van der Waals surface area contributed by atoms with Crippen LogP contribution in [0.15, 0.2) is 47.0 Å². The highest BCUT2D eigenvalue weighted by Crippen LogP contribution is 2.54. The molecule has 1 spiro atoms. The van der Waals surface area contributed by atoms with Gasteiger partial charge in [0.1, 0.15) is 5.82 Å². The van der Waals surface area contributed by atoms with Crippen LogP contribution in [-0.2, 0) is 16.5 Å². The molecule has 3 aliphatic rings. The van der Waals surface area contributed by atoms with E-state index in [2.05, 4.69) is 11.2 Å². The largest absolute Gasteiger partial charge is 0.347 e. The fraction of sp³-hybridized carbons (Fsp3) is 0.435. The van der Waals surface area contributed by atoms with Gasteiger partial charge in [-0.05, 0) is 73.2 Å². The van der Waals surface area contributed by atoms with Gasteiger partial charge in [-0.3, -0.25) is 4.68 Å². The van der Waals surface area contributed by atoms with E-state index in [1.54, 1.807) is 12.1 Å². The van der Waals surface area contributed by atoms with Crippen molar-refractivity contribution in [2.24, 2.45) is 18.9 Å². The Morgan fingerprint density at radius 1 is 1.10 bits per heavy atom. The third kappa shape index (κ3) is 3.35. The summed E-state index contributed by atoms with van der Waals surface area (Å²) in [5.74, 6) is 0.0160. The van der Waals surface area contributed by atoms with Crippen LogP contribution in [0.5, 0.6) is 0 Å². The molecule has 1 aliphatic heterocycles. The van der Waals surface area contributed by atoms with Gasteiger partial charge in [0, 0.05) is 23.9 Å². The van der Waals surface area contributed by atoms with Crippen LogP contribution < -0.4 is 0 Å². The molecule has 0 unspecified atom stereocenters. The van der Waals surface area contributed by atoms with E-state index in [0.717, 1.165) is 53.2 Å². The molecule has 1 aromatic carbocycles. The van der Waals surface area contributed by atoms with E-state index in [1.807, 2.05) is 23.9 Å². The maximum Gasteiger partial charge on any atom is 0.174 e. The molecule has 6 heteroatoms. The molecule has 2 aliphatic carbocycles. The summed E-state index contributed by atoms with van der Waals surface area (Å²) in [4.78, 5) is 0. The molecule has 2 atom stereocenters. The second-order valence-corrected chi connectivity index (χ2v) is 8.60. The number of hydrogen-bond donors (Lipinski definition) is 0. The summed E-state index contributed by atoms with van der Waals surface area (Å²) in [6.45, 7) is 1.35. The Labute approximate surface area is 175 Å². The molecular weight excluding hydrogens is 391 g/mol. The van der Waals surface area contributed by atoms with Crippen LogP contribution in [0.2, 0.25) is 0 Å².